The molecule has 2 rings (SSSR count). The monoisotopic (exact) mass is 264 g/mol. The molecule has 5 heteroatoms. The zero-order chi connectivity index (χ0) is 13.7. The Kier molecular flexibility index (Phi) is 4.96. The Balaban J connectivity index is 1.97. The molecule has 5 nitrogen and oxygen atoms in total. The molecule has 1 fully saturated rings. The van der Waals surface area contributed by atoms with Crippen LogP contribution in [-0.2, 0) is 0 Å². The Morgan fingerprint density at radius 2 is 2.37 bits per heavy atom. The summed E-state index contributed by atoms with van der Waals surface area (Å²) < 4.78 is 5.17. The van der Waals surface area contributed by atoms with E-state index < -0.39 is 0 Å². The highest BCUT2D eigenvalue weighted by atomic mass is 16.5. The van der Waals surface area contributed by atoms with E-state index in [0.717, 1.165) is 25.6 Å². The molecule has 1 aliphatic heterocycles. The zero-order valence-corrected chi connectivity index (χ0v) is 12.1. The number of aromatic nitrogens is 2. The van der Waals surface area contributed by atoms with Gasteiger partial charge in [0.2, 0.25) is 11.8 Å². The van der Waals surface area contributed by atoms with Crippen molar-refractivity contribution >= 4 is 5.95 Å². The number of anilines is 1. The van der Waals surface area contributed by atoms with Crippen LogP contribution in [0.3, 0.4) is 0 Å². The largest absolute Gasteiger partial charge is 0.481 e. The minimum Gasteiger partial charge on any atom is -0.481 e. The molecular formula is C14H24N4O. The van der Waals surface area contributed by atoms with E-state index in [9.17, 15) is 0 Å². The van der Waals surface area contributed by atoms with E-state index in [2.05, 4.69) is 34.0 Å². The van der Waals surface area contributed by atoms with Crippen molar-refractivity contribution < 1.29 is 4.74 Å². The molecule has 0 amide bonds. The predicted molar refractivity (Wildman–Crippen MR) is 76.7 cm³/mol. The van der Waals surface area contributed by atoms with E-state index >= 15 is 0 Å². The number of hydrogen-bond acceptors (Lipinski definition) is 5. The third-order valence-corrected chi connectivity index (χ3v) is 3.39. The highest BCUT2D eigenvalue weighted by molar-refractivity contribution is 5.35. The number of ether oxygens (including phenoxy) is 1. The molecule has 0 spiro atoms. The van der Waals surface area contributed by atoms with Crippen LogP contribution in [0.25, 0.3) is 0 Å². The molecule has 19 heavy (non-hydrogen) atoms. The number of rotatable bonds is 6. The second kappa shape index (κ2) is 6.70. The van der Waals surface area contributed by atoms with Crippen LogP contribution >= 0.6 is 0 Å². The minimum absolute atomic E-state index is 0.492. The van der Waals surface area contributed by atoms with Crippen molar-refractivity contribution in [3.05, 3.63) is 12.3 Å². The van der Waals surface area contributed by atoms with Crippen LogP contribution in [0, 0.1) is 5.92 Å². The van der Waals surface area contributed by atoms with Crippen LogP contribution in [0.5, 0.6) is 5.88 Å². The molecule has 106 valence electrons. The van der Waals surface area contributed by atoms with Gasteiger partial charge in [0.15, 0.2) is 0 Å². The van der Waals surface area contributed by atoms with Crippen molar-refractivity contribution in [2.24, 2.45) is 5.92 Å². The minimum atomic E-state index is 0.492. The summed E-state index contributed by atoms with van der Waals surface area (Å²) in [5.74, 6) is 2.10. The third kappa shape index (κ3) is 3.80. The molecule has 0 bridgehead atoms. The summed E-state index contributed by atoms with van der Waals surface area (Å²) in [5, 5.41) is 3.53. The first kappa shape index (κ1) is 14.1. The van der Waals surface area contributed by atoms with Gasteiger partial charge < -0.3 is 15.0 Å². The number of nitrogens with zero attached hydrogens (tertiary/aromatic N) is 3. The molecule has 1 saturated heterocycles. The summed E-state index contributed by atoms with van der Waals surface area (Å²) in [6.45, 7) is 7.54. The van der Waals surface area contributed by atoms with Crippen molar-refractivity contribution in [1.82, 2.24) is 15.3 Å². The highest BCUT2D eigenvalue weighted by Crippen LogP contribution is 2.23. The predicted octanol–water partition coefficient (Wildman–Crippen LogP) is 1.70. The second-order valence-electron chi connectivity index (χ2n) is 5.44. The normalized spacial score (nSPS) is 19.2. The molecule has 1 unspecified atom stereocenters. The maximum absolute atomic E-state index is 5.17. The number of hydrogen-bond donors (Lipinski definition) is 1. The van der Waals surface area contributed by atoms with Gasteiger partial charge in [-0.05, 0) is 25.3 Å². The summed E-state index contributed by atoms with van der Waals surface area (Å²) in [7, 11) is 1.64. The van der Waals surface area contributed by atoms with Gasteiger partial charge in [0, 0.05) is 31.4 Å². The van der Waals surface area contributed by atoms with Gasteiger partial charge in [0.25, 0.3) is 0 Å². The lowest BCUT2D eigenvalue weighted by atomic mass is 10.2. The number of methoxy groups -OCH3 is 1. The molecule has 1 N–H and O–H groups in total. The van der Waals surface area contributed by atoms with E-state index in [4.69, 9.17) is 4.74 Å². The fraction of sp³-hybridized carbons (Fsp3) is 0.714. The molecule has 1 aliphatic rings. The smallest absolute Gasteiger partial charge is 0.228 e. The fourth-order valence-corrected chi connectivity index (χ4v) is 2.43. The first-order valence-electron chi connectivity index (χ1n) is 7.05. The third-order valence-electron chi connectivity index (χ3n) is 3.39. The van der Waals surface area contributed by atoms with E-state index in [0.29, 0.717) is 17.8 Å². The van der Waals surface area contributed by atoms with Gasteiger partial charge in [-0.1, -0.05) is 13.8 Å². The molecular weight excluding hydrogens is 240 g/mol. The van der Waals surface area contributed by atoms with Gasteiger partial charge in [-0.15, -0.1) is 0 Å². The van der Waals surface area contributed by atoms with E-state index in [1.165, 1.54) is 12.8 Å². The molecule has 1 atom stereocenters. The average Bonchev–Trinajstić information content (AvgIpc) is 2.87. The number of nitrogens with one attached hydrogen (secondary N) is 1. The molecule has 2 heterocycles. The Bertz CT molecular complexity index is 397. The van der Waals surface area contributed by atoms with Gasteiger partial charge in [-0.2, -0.15) is 4.98 Å². The van der Waals surface area contributed by atoms with Crippen molar-refractivity contribution in [2.75, 3.05) is 31.6 Å². The van der Waals surface area contributed by atoms with Gasteiger partial charge in [-0.25, -0.2) is 4.98 Å². The highest BCUT2D eigenvalue weighted by Gasteiger charge is 2.26. The van der Waals surface area contributed by atoms with E-state index in [1.54, 1.807) is 19.4 Å². The second-order valence-corrected chi connectivity index (χ2v) is 5.44. The van der Waals surface area contributed by atoms with Crippen LogP contribution in [0.2, 0.25) is 0 Å². The molecule has 0 saturated carbocycles. The van der Waals surface area contributed by atoms with Gasteiger partial charge in [0.05, 0.1) is 7.11 Å². The zero-order valence-electron chi connectivity index (χ0n) is 12.1. The SMILES string of the molecule is COc1ccnc(N2CCCC2CNCC(C)C)n1. The maximum atomic E-state index is 5.17. The molecule has 1 aromatic heterocycles. The summed E-state index contributed by atoms with van der Waals surface area (Å²) in [4.78, 5) is 11.1. The quantitative estimate of drug-likeness (QED) is 0.847. The molecule has 0 radical (unpaired) electrons. The first-order chi connectivity index (χ1) is 9.20. The van der Waals surface area contributed by atoms with Crippen molar-refractivity contribution in [2.45, 2.75) is 32.7 Å². The Hall–Kier alpha value is -1.36. The van der Waals surface area contributed by atoms with Gasteiger partial charge in [0.1, 0.15) is 0 Å². The van der Waals surface area contributed by atoms with Crippen LogP contribution in [0.1, 0.15) is 26.7 Å². The maximum Gasteiger partial charge on any atom is 0.228 e. The van der Waals surface area contributed by atoms with Gasteiger partial charge in [-0.3, -0.25) is 0 Å². The Labute approximate surface area is 115 Å². The lowest BCUT2D eigenvalue weighted by Gasteiger charge is -2.25. The van der Waals surface area contributed by atoms with Crippen LogP contribution in [0.15, 0.2) is 12.3 Å². The lowest BCUT2D eigenvalue weighted by molar-refractivity contribution is 0.396. The fourth-order valence-electron chi connectivity index (χ4n) is 2.43. The van der Waals surface area contributed by atoms with Gasteiger partial charge >= 0.3 is 0 Å². The van der Waals surface area contributed by atoms with E-state index in [-0.39, 0.29) is 0 Å². The lowest BCUT2D eigenvalue weighted by Crippen LogP contribution is -2.39. The first-order valence-corrected chi connectivity index (χ1v) is 7.05. The molecule has 0 aromatic carbocycles. The average molecular weight is 264 g/mol. The van der Waals surface area contributed by atoms with Crippen LogP contribution < -0.4 is 15.0 Å². The van der Waals surface area contributed by atoms with Crippen molar-refractivity contribution in [3.8, 4) is 5.88 Å². The Morgan fingerprint density at radius 1 is 1.53 bits per heavy atom. The summed E-state index contributed by atoms with van der Waals surface area (Å²) in [5.41, 5.74) is 0. The van der Waals surface area contributed by atoms with E-state index in [1.807, 2.05) is 0 Å². The summed E-state index contributed by atoms with van der Waals surface area (Å²) in [6.07, 6.45) is 4.17. The molecule has 0 aliphatic carbocycles. The van der Waals surface area contributed by atoms with Crippen LogP contribution in [-0.4, -0.2) is 42.8 Å². The summed E-state index contributed by atoms with van der Waals surface area (Å²) >= 11 is 0. The van der Waals surface area contributed by atoms with Crippen molar-refractivity contribution in [3.63, 3.8) is 0 Å². The topological polar surface area (TPSA) is 50.3 Å². The summed E-state index contributed by atoms with van der Waals surface area (Å²) in [6, 6.07) is 2.27. The Morgan fingerprint density at radius 3 is 3.11 bits per heavy atom. The molecule has 1 aromatic rings. The van der Waals surface area contributed by atoms with Crippen LogP contribution in [0.4, 0.5) is 5.95 Å². The standard InChI is InChI=1S/C14H24N4O/c1-11(2)9-15-10-12-5-4-8-18(12)14-16-7-6-13(17-14)19-3/h6-7,11-12,15H,4-5,8-10H2,1-3H3. The van der Waals surface area contributed by atoms with Crippen molar-refractivity contribution in [1.29, 1.82) is 0 Å².